The maximum Gasteiger partial charge on any atom is 0.215 e. The topological polar surface area (TPSA) is 44.1 Å². The molecule has 2 aromatic rings. The summed E-state index contributed by atoms with van der Waals surface area (Å²) in [5.41, 5.74) is 1.44. The molecule has 0 aliphatic rings. The second-order valence-electron chi connectivity index (χ2n) is 4.17. The van der Waals surface area contributed by atoms with E-state index in [-0.39, 0.29) is 11.6 Å². The highest BCUT2D eigenvalue weighted by molar-refractivity contribution is 6.10. The summed E-state index contributed by atoms with van der Waals surface area (Å²) < 4.78 is 19.8. The van der Waals surface area contributed by atoms with Crippen LogP contribution in [0.15, 0.2) is 24.4 Å². The van der Waals surface area contributed by atoms with Gasteiger partial charge in [0, 0.05) is 12.1 Å². The Balaban J connectivity index is 2.52. The van der Waals surface area contributed by atoms with Gasteiger partial charge in [-0.2, -0.15) is 5.10 Å². The van der Waals surface area contributed by atoms with E-state index in [0.29, 0.717) is 29.1 Å². The molecule has 0 spiro atoms. The van der Waals surface area contributed by atoms with E-state index in [1.54, 1.807) is 11.6 Å². The van der Waals surface area contributed by atoms with Crippen molar-refractivity contribution >= 4 is 5.78 Å². The Bertz CT molecular complexity index is 598. The zero-order valence-corrected chi connectivity index (χ0v) is 11.1. The molecule has 1 aromatic heterocycles. The van der Waals surface area contributed by atoms with Gasteiger partial charge in [-0.05, 0) is 37.6 Å². The van der Waals surface area contributed by atoms with Crippen molar-refractivity contribution in [2.45, 2.75) is 20.4 Å². The lowest BCUT2D eigenvalue weighted by Gasteiger charge is -2.08. The van der Waals surface area contributed by atoms with Gasteiger partial charge in [0.1, 0.15) is 5.82 Å². The van der Waals surface area contributed by atoms with Gasteiger partial charge in [0.05, 0.1) is 13.3 Å². The number of benzene rings is 1. The van der Waals surface area contributed by atoms with Crippen LogP contribution in [0.4, 0.5) is 4.39 Å². The summed E-state index contributed by atoms with van der Waals surface area (Å²) in [6.45, 7) is 4.15. The molecule has 0 N–H and O–H groups in total. The molecule has 0 amide bonds. The molecule has 100 valence electrons. The Hall–Kier alpha value is -2.17. The molecule has 1 heterocycles. The first kappa shape index (κ1) is 13.3. The van der Waals surface area contributed by atoms with Crippen molar-refractivity contribution in [1.82, 2.24) is 9.78 Å². The highest BCUT2D eigenvalue weighted by Gasteiger charge is 2.21. The van der Waals surface area contributed by atoms with E-state index in [9.17, 15) is 9.18 Å². The summed E-state index contributed by atoms with van der Waals surface area (Å²) in [5, 5.41) is 4.10. The highest BCUT2D eigenvalue weighted by atomic mass is 19.1. The molecule has 0 unspecified atom stereocenters. The normalized spacial score (nSPS) is 10.5. The van der Waals surface area contributed by atoms with Crippen molar-refractivity contribution < 1.29 is 13.9 Å². The van der Waals surface area contributed by atoms with Gasteiger partial charge in [0.25, 0.3) is 0 Å². The van der Waals surface area contributed by atoms with Gasteiger partial charge in [-0.1, -0.05) is 0 Å². The summed E-state index contributed by atoms with van der Waals surface area (Å²) in [6.07, 6.45) is 1.51. The van der Waals surface area contributed by atoms with Crippen molar-refractivity contribution in [3.8, 4) is 5.75 Å². The van der Waals surface area contributed by atoms with E-state index in [2.05, 4.69) is 5.10 Å². The van der Waals surface area contributed by atoms with Crippen molar-refractivity contribution in [3.05, 3.63) is 47.0 Å². The van der Waals surface area contributed by atoms with Crippen LogP contribution in [-0.2, 0) is 6.54 Å². The van der Waals surface area contributed by atoms with Crippen LogP contribution >= 0.6 is 0 Å². The number of ether oxygens (including phenoxy) is 1. The molecule has 0 atom stereocenters. The molecular formula is C14H15FN2O2. The molecule has 0 aliphatic carbocycles. The number of carbonyl (C=O) groups excluding carboxylic acids is 1. The molecule has 0 aliphatic heterocycles. The molecule has 19 heavy (non-hydrogen) atoms. The molecule has 2 rings (SSSR count). The number of nitrogens with zero attached hydrogens (tertiary/aromatic N) is 2. The molecule has 0 radical (unpaired) electrons. The fourth-order valence-electron chi connectivity index (χ4n) is 2.00. The average molecular weight is 262 g/mol. The molecule has 5 heteroatoms. The van der Waals surface area contributed by atoms with Crippen molar-refractivity contribution in [3.63, 3.8) is 0 Å². The fraction of sp³-hybridized carbons (Fsp3) is 0.286. The lowest BCUT2D eigenvalue weighted by molar-refractivity contribution is 0.102. The summed E-state index contributed by atoms with van der Waals surface area (Å²) in [4.78, 5) is 12.5. The van der Waals surface area contributed by atoms with Gasteiger partial charge < -0.3 is 4.74 Å². The first-order valence-electron chi connectivity index (χ1n) is 5.99. The van der Waals surface area contributed by atoms with E-state index < -0.39 is 0 Å². The van der Waals surface area contributed by atoms with Crippen LogP contribution in [0.2, 0.25) is 0 Å². The lowest BCUT2D eigenvalue weighted by Crippen LogP contribution is -2.13. The number of halogens is 1. The van der Waals surface area contributed by atoms with Gasteiger partial charge >= 0.3 is 0 Å². The van der Waals surface area contributed by atoms with Crippen molar-refractivity contribution in [2.75, 3.05) is 7.11 Å². The molecule has 1 aromatic carbocycles. The maximum atomic E-state index is 13.1. The number of rotatable bonds is 4. The molecule has 0 saturated heterocycles. The van der Waals surface area contributed by atoms with Gasteiger partial charge in [-0.25, -0.2) is 4.39 Å². The Morgan fingerprint density at radius 2 is 2.21 bits per heavy atom. The molecule has 0 bridgehead atoms. The molecule has 4 nitrogen and oxygen atoms in total. The summed E-state index contributed by atoms with van der Waals surface area (Å²) >= 11 is 0. The Kier molecular flexibility index (Phi) is 3.64. The zero-order chi connectivity index (χ0) is 14.0. The standard InChI is InChI=1S/C14H15FN2O2/c1-4-17-13(12(19-3)8-16-17)14(18)11-6-5-10(15)7-9(11)2/h5-8H,4H2,1-3H3. The Morgan fingerprint density at radius 1 is 1.47 bits per heavy atom. The van der Waals surface area contributed by atoms with Crippen LogP contribution in [0.25, 0.3) is 0 Å². The van der Waals surface area contributed by atoms with Crippen LogP contribution in [0, 0.1) is 12.7 Å². The molecule has 0 fully saturated rings. The van der Waals surface area contributed by atoms with E-state index in [0.717, 1.165) is 0 Å². The van der Waals surface area contributed by atoms with Crippen LogP contribution in [-0.4, -0.2) is 22.7 Å². The Labute approximate surface area is 110 Å². The third-order valence-electron chi connectivity index (χ3n) is 2.97. The van der Waals surface area contributed by atoms with Crippen molar-refractivity contribution in [1.29, 1.82) is 0 Å². The smallest absolute Gasteiger partial charge is 0.215 e. The minimum atomic E-state index is -0.356. The predicted octanol–water partition coefficient (Wildman–Crippen LogP) is 2.59. The maximum absolute atomic E-state index is 13.1. The third kappa shape index (κ3) is 2.36. The van der Waals surface area contributed by atoms with Crippen LogP contribution < -0.4 is 4.74 Å². The number of ketones is 1. The number of carbonyl (C=O) groups is 1. The second-order valence-corrected chi connectivity index (χ2v) is 4.17. The number of aromatic nitrogens is 2. The molecule has 0 saturated carbocycles. The number of methoxy groups -OCH3 is 1. The van der Waals surface area contributed by atoms with Crippen molar-refractivity contribution in [2.24, 2.45) is 0 Å². The highest BCUT2D eigenvalue weighted by Crippen LogP contribution is 2.23. The van der Waals surface area contributed by atoms with E-state index in [4.69, 9.17) is 4.74 Å². The zero-order valence-electron chi connectivity index (χ0n) is 11.1. The van der Waals surface area contributed by atoms with Crippen LogP contribution in [0.3, 0.4) is 0 Å². The SMILES string of the molecule is CCn1ncc(OC)c1C(=O)c1ccc(F)cc1C. The number of aryl methyl sites for hydroxylation is 2. The third-order valence-corrected chi connectivity index (χ3v) is 2.97. The van der Waals surface area contributed by atoms with Crippen LogP contribution in [0.5, 0.6) is 5.75 Å². The summed E-state index contributed by atoms with van der Waals surface area (Å²) in [7, 11) is 1.49. The van der Waals surface area contributed by atoms with E-state index >= 15 is 0 Å². The van der Waals surface area contributed by atoms with E-state index in [1.807, 2.05) is 6.92 Å². The monoisotopic (exact) mass is 262 g/mol. The minimum Gasteiger partial charge on any atom is -0.493 e. The predicted molar refractivity (Wildman–Crippen MR) is 69.0 cm³/mol. The Morgan fingerprint density at radius 3 is 2.79 bits per heavy atom. The van der Waals surface area contributed by atoms with E-state index in [1.165, 1.54) is 31.5 Å². The van der Waals surface area contributed by atoms with Gasteiger partial charge in [-0.3, -0.25) is 9.48 Å². The number of hydrogen-bond acceptors (Lipinski definition) is 3. The minimum absolute atomic E-state index is 0.214. The lowest BCUT2D eigenvalue weighted by atomic mass is 10.0. The van der Waals surface area contributed by atoms with Gasteiger partial charge in [-0.15, -0.1) is 0 Å². The largest absolute Gasteiger partial charge is 0.493 e. The quantitative estimate of drug-likeness (QED) is 0.795. The fourth-order valence-corrected chi connectivity index (χ4v) is 2.00. The second kappa shape index (κ2) is 5.22. The van der Waals surface area contributed by atoms with Gasteiger partial charge in [0.2, 0.25) is 5.78 Å². The van der Waals surface area contributed by atoms with Gasteiger partial charge in [0.15, 0.2) is 11.4 Å². The first-order chi connectivity index (χ1) is 9.08. The average Bonchev–Trinajstić information content (AvgIpc) is 2.80. The summed E-state index contributed by atoms with van der Waals surface area (Å²) in [6, 6.07) is 4.10. The summed E-state index contributed by atoms with van der Waals surface area (Å²) in [5.74, 6) is -0.144. The number of hydrogen-bond donors (Lipinski definition) is 0. The molecular weight excluding hydrogens is 247 g/mol. The van der Waals surface area contributed by atoms with Crippen LogP contribution in [0.1, 0.15) is 28.5 Å². The first-order valence-corrected chi connectivity index (χ1v) is 5.99.